The van der Waals surface area contributed by atoms with Gasteiger partial charge in [0, 0.05) is 14.2 Å². The van der Waals surface area contributed by atoms with Gasteiger partial charge >= 0.3 is 35.2 Å². The summed E-state index contributed by atoms with van der Waals surface area (Å²) < 4.78 is 94.9. The first-order chi connectivity index (χ1) is 27.3. The molecule has 4 aromatic heterocycles. The number of carbonyl (C=O) groups is 1. The van der Waals surface area contributed by atoms with E-state index in [1.54, 1.807) is 0 Å². The summed E-state index contributed by atoms with van der Waals surface area (Å²) in [6, 6.07) is 0. The standard InChI is InChI=1S/C25H35N11O18P4/c1-28-25(39)48-4-10-11(51-22(15(10)37)36-9-34(2)14-20(36)32-24(27)33-21(14)38)5-49-56(41,42)53-58(45,46)54-57(43,44)50-6-12-17(55-40)16(47-3)23(52-12)35-8-31-13-18(26)29-7-30-19(13)35/h7-12,15-17,22-23,37H,4-6H2,1-3H3,(H8-,26,27,28,29,30,32,33,38,39,41,42,43,44,45,46)/p+1/t10-,11-,12-,15-,16-,17-,22-,23-/m1/s1. The molecule has 0 spiro atoms. The maximum atomic E-state index is 12.9. The van der Waals surface area contributed by atoms with Gasteiger partial charge in [0.15, 0.2) is 32.5 Å². The average molecular weight is 903 g/mol. The number of imidazole rings is 2. The van der Waals surface area contributed by atoms with Crippen molar-refractivity contribution in [3.8, 4) is 0 Å². The highest BCUT2D eigenvalue weighted by Crippen LogP contribution is 2.68. The van der Waals surface area contributed by atoms with Crippen LogP contribution in [0.3, 0.4) is 0 Å². The number of nitrogen functional groups attached to an aromatic ring is 2. The van der Waals surface area contributed by atoms with E-state index in [0.29, 0.717) is 0 Å². The van der Waals surface area contributed by atoms with Gasteiger partial charge in [0.2, 0.25) is 11.7 Å². The molecule has 6 heterocycles. The van der Waals surface area contributed by atoms with Crippen molar-refractivity contribution in [1.82, 2.24) is 39.4 Å². The molecule has 0 bridgehead atoms. The normalized spacial score (nSPS) is 28.1. The number of methoxy groups -OCH3 is 1. The molecule has 0 aliphatic carbocycles. The number of aryl methyl sites for hydroxylation is 1. The van der Waals surface area contributed by atoms with Crippen LogP contribution in [0.5, 0.6) is 0 Å². The minimum absolute atomic E-state index is 0.0219. The number of alkyl carbamates (subject to hydrolysis) is 1. The first-order valence-corrected chi connectivity index (χ1v) is 21.7. The van der Waals surface area contributed by atoms with E-state index in [-0.39, 0.29) is 34.1 Å². The van der Waals surface area contributed by atoms with Gasteiger partial charge in [0.05, 0.1) is 44.3 Å². The topological polar surface area (TPSA) is 402 Å². The van der Waals surface area contributed by atoms with Crippen LogP contribution in [-0.2, 0) is 61.9 Å². The van der Waals surface area contributed by atoms with Gasteiger partial charge in [0.1, 0.15) is 36.8 Å². The molecule has 33 heteroatoms. The molecule has 4 aromatic rings. The van der Waals surface area contributed by atoms with Gasteiger partial charge in [-0.2, -0.15) is 8.62 Å². The van der Waals surface area contributed by atoms with Crippen LogP contribution in [0.25, 0.3) is 22.3 Å². The first-order valence-electron chi connectivity index (χ1n) is 16.4. The quantitative estimate of drug-likeness (QED) is 0.0480. The van der Waals surface area contributed by atoms with E-state index in [2.05, 4.69) is 38.9 Å². The summed E-state index contributed by atoms with van der Waals surface area (Å²) in [4.78, 5) is 73.7. The van der Waals surface area contributed by atoms with Crippen LogP contribution >= 0.6 is 31.9 Å². The zero-order valence-electron chi connectivity index (χ0n) is 30.1. The third-order valence-corrected chi connectivity index (χ3v) is 13.9. The van der Waals surface area contributed by atoms with E-state index < -0.39 is 112 Å². The summed E-state index contributed by atoms with van der Waals surface area (Å²) >= 11 is 0. The van der Waals surface area contributed by atoms with E-state index in [1.165, 1.54) is 47.6 Å². The summed E-state index contributed by atoms with van der Waals surface area (Å²) in [7, 11) is -13.9. The van der Waals surface area contributed by atoms with Crippen LogP contribution in [0, 0.1) is 5.92 Å². The molecule has 0 aromatic carbocycles. The average Bonchev–Trinajstić information content (AvgIpc) is 3.89. The van der Waals surface area contributed by atoms with Crippen LogP contribution in [-0.4, -0.2) is 124 Å². The van der Waals surface area contributed by atoms with Crippen molar-refractivity contribution in [2.45, 2.75) is 42.5 Å². The molecule has 2 aliphatic heterocycles. The second-order valence-electron chi connectivity index (χ2n) is 12.4. The lowest BCUT2D eigenvalue weighted by atomic mass is 9.99. The van der Waals surface area contributed by atoms with Crippen LogP contribution in [0.15, 0.2) is 23.8 Å². The largest absolute Gasteiger partial charge is 0.490 e. The van der Waals surface area contributed by atoms with Crippen molar-refractivity contribution in [2.24, 2.45) is 13.0 Å². The molecule has 29 nitrogen and oxygen atoms in total. The molecular weight excluding hydrogens is 866 g/mol. The lowest BCUT2D eigenvalue weighted by molar-refractivity contribution is -0.745. The number of carbonyl (C=O) groups excluding carboxylic acids is 1. The maximum absolute atomic E-state index is 12.9. The monoisotopic (exact) mass is 902 g/mol. The van der Waals surface area contributed by atoms with Crippen molar-refractivity contribution in [1.29, 1.82) is 0 Å². The Labute approximate surface area is 325 Å². The molecule has 58 heavy (non-hydrogen) atoms. The van der Waals surface area contributed by atoms with Gasteiger partial charge in [-0.3, -0.25) is 32.5 Å². The Morgan fingerprint density at radius 2 is 1.72 bits per heavy atom. The van der Waals surface area contributed by atoms with E-state index >= 15 is 0 Å². The Morgan fingerprint density at radius 1 is 1.05 bits per heavy atom. The SMILES string of the molecule is CNC(=O)OC[C@H]1[C@@H](O)[C@H]([n+]2cn(C)c3c(=O)[nH]c(N)nc32)O[C@@H]1COP(=O)(O)OP(=O)(O)OP(=O)(O)OC[C@H]1O[C@@H](n2cnc3c(N)ncnc32)[C@H](OC)[C@@H]1P=O. The van der Waals surface area contributed by atoms with Crippen LogP contribution in [0.1, 0.15) is 12.5 Å². The van der Waals surface area contributed by atoms with Crippen molar-refractivity contribution in [3.63, 3.8) is 0 Å². The minimum Gasteiger partial charge on any atom is -0.449 e. The molecule has 6 rings (SSSR count). The number of aliphatic hydroxyl groups excluding tert-OH is 1. The number of H-pyrrole nitrogens is 1. The molecule has 318 valence electrons. The molecule has 10 N–H and O–H groups in total. The molecular formula is C25H36N11O18P4+. The zero-order chi connectivity index (χ0) is 42.3. The lowest BCUT2D eigenvalue weighted by Crippen LogP contribution is -2.45. The Hall–Kier alpha value is -3.88. The van der Waals surface area contributed by atoms with Crippen molar-refractivity contribution >= 4 is 72.1 Å². The summed E-state index contributed by atoms with van der Waals surface area (Å²) in [5.41, 5.74) is 10.3. The van der Waals surface area contributed by atoms with Gasteiger partial charge in [-0.1, -0.05) is 4.98 Å². The number of nitrogens with zero attached hydrogens (tertiary/aromatic N) is 7. The molecule has 0 radical (unpaired) electrons. The fourth-order valence-electron chi connectivity index (χ4n) is 6.27. The highest BCUT2D eigenvalue weighted by Gasteiger charge is 2.51. The maximum Gasteiger partial charge on any atom is 0.490 e. The number of fused-ring (bicyclic) bond motifs is 2. The number of aliphatic hydroxyl groups is 1. The fourth-order valence-corrected chi connectivity index (χ4v) is 10.5. The fraction of sp³-hybridized carbons (Fsp3) is 0.560. The Morgan fingerprint density at radius 3 is 2.36 bits per heavy atom. The Balaban J connectivity index is 1.10. The minimum atomic E-state index is -6.00. The van der Waals surface area contributed by atoms with Gasteiger partial charge in [0.25, 0.3) is 11.5 Å². The van der Waals surface area contributed by atoms with E-state index in [0.717, 1.165) is 6.33 Å². The number of phosphoric ester groups is 2. The molecule has 11 atom stereocenters. The number of ether oxygens (including phenoxy) is 4. The van der Waals surface area contributed by atoms with E-state index in [9.17, 15) is 47.6 Å². The first kappa shape index (κ1) is 43.7. The zero-order valence-corrected chi connectivity index (χ0v) is 33.6. The summed E-state index contributed by atoms with van der Waals surface area (Å²) in [6.45, 7) is -2.48. The Kier molecular flexibility index (Phi) is 12.8. The van der Waals surface area contributed by atoms with E-state index in [1.807, 2.05) is 0 Å². The molecule has 2 fully saturated rings. The summed E-state index contributed by atoms with van der Waals surface area (Å²) in [5, 5.41) is 13.5. The number of hydrogen-bond acceptors (Lipinski definition) is 21. The third kappa shape index (κ3) is 9.13. The molecule has 0 saturated carbocycles. The van der Waals surface area contributed by atoms with Crippen LogP contribution in [0.2, 0.25) is 0 Å². The second-order valence-corrected chi connectivity index (χ2v) is 17.9. The highest BCUT2D eigenvalue weighted by atomic mass is 31.3. The number of aromatic amines is 1. The number of rotatable bonds is 16. The summed E-state index contributed by atoms with van der Waals surface area (Å²) in [5.74, 6) is -1.44. The lowest BCUT2D eigenvalue weighted by Gasteiger charge is -2.22. The molecule has 2 saturated heterocycles. The van der Waals surface area contributed by atoms with Crippen LogP contribution in [0.4, 0.5) is 16.6 Å². The third-order valence-electron chi connectivity index (χ3n) is 8.78. The Bertz CT molecular complexity index is 2400. The van der Waals surface area contributed by atoms with Crippen molar-refractivity contribution < 1.29 is 84.0 Å². The molecule has 3 unspecified atom stereocenters. The van der Waals surface area contributed by atoms with Gasteiger partial charge < -0.3 is 55.5 Å². The number of phosphoric acid groups is 3. The number of aromatic nitrogens is 8. The van der Waals surface area contributed by atoms with Gasteiger partial charge in [-0.15, -0.1) is 0 Å². The predicted octanol–water partition coefficient (Wildman–Crippen LogP) is -1.28. The van der Waals surface area contributed by atoms with Gasteiger partial charge in [-0.25, -0.2) is 38.0 Å². The van der Waals surface area contributed by atoms with E-state index in [4.69, 9.17) is 39.5 Å². The summed E-state index contributed by atoms with van der Waals surface area (Å²) in [6.07, 6.45) is -4.94. The van der Waals surface area contributed by atoms with Crippen LogP contribution < -0.4 is 26.9 Å². The second kappa shape index (κ2) is 17.0. The predicted molar refractivity (Wildman–Crippen MR) is 189 cm³/mol. The van der Waals surface area contributed by atoms with Gasteiger partial charge in [-0.05, 0) is 0 Å². The number of anilines is 2. The molecule has 2 aliphatic rings. The highest BCUT2D eigenvalue weighted by molar-refractivity contribution is 7.66. The molecule has 1 amide bonds. The number of nitrogens with one attached hydrogen (secondary N) is 2. The number of hydrogen-bond donors (Lipinski definition) is 8. The number of amides is 1. The van der Waals surface area contributed by atoms with Crippen molar-refractivity contribution in [2.75, 3.05) is 45.4 Å². The smallest absolute Gasteiger partial charge is 0.449 e. The van der Waals surface area contributed by atoms with Crippen molar-refractivity contribution in [3.05, 3.63) is 29.3 Å². The number of nitrogens with two attached hydrogens (primary N) is 2.